The van der Waals surface area contributed by atoms with Crippen molar-refractivity contribution in [3.8, 4) is 0 Å². The van der Waals surface area contributed by atoms with Gasteiger partial charge in [0.05, 0.1) is 0 Å². The second kappa shape index (κ2) is 8.99. The number of carbonyl (C=O) groups excluding carboxylic acids is 1. The van der Waals surface area contributed by atoms with Crippen LogP contribution < -0.4 is 5.43 Å². The summed E-state index contributed by atoms with van der Waals surface area (Å²) in [5.41, 5.74) is 2.86. The highest BCUT2D eigenvalue weighted by atomic mass is 16.2. The highest BCUT2D eigenvalue weighted by Gasteiger charge is 2.11. The Labute approximate surface area is 105 Å². The van der Waals surface area contributed by atoms with E-state index < -0.39 is 0 Å². The van der Waals surface area contributed by atoms with E-state index in [4.69, 9.17) is 0 Å². The van der Waals surface area contributed by atoms with Crippen molar-refractivity contribution in [1.29, 1.82) is 0 Å². The lowest BCUT2D eigenvalue weighted by molar-refractivity contribution is -0.120. The van der Waals surface area contributed by atoms with Crippen LogP contribution >= 0.6 is 0 Å². The van der Waals surface area contributed by atoms with Crippen molar-refractivity contribution < 1.29 is 4.79 Å². The first-order valence-electron chi connectivity index (χ1n) is 6.71. The van der Waals surface area contributed by atoms with E-state index in [1.807, 2.05) is 17.2 Å². The Balaban J connectivity index is 2.08. The molecular weight excluding hydrogens is 212 g/mol. The van der Waals surface area contributed by atoms with Crippen molar-refractivity contribution in [1.82, 2.24) is 10.4 Å². The predicted molar refractivity (Wildman–Crippen MR) is 71.4 cm³/mol. The van der Waals surface area contributed by atoms with Crippen LogP contribution in [0, 0.1) is 0 Å². The minimum Gasteiger partial charge on any atom is -0.285 e. The van der Waals surface area contributed by atoms with E-state index in [0.29, 0.717) is 0 Å². The van der Waals surface area contributed by atoms with Crippen LogP contribution in [0.3, 0.4) is 0 Å². The van der Waals surface area contributed by atoms with E-state index in [0.717, 1.165) is 19.5 Å². The number of amides is 1. The largest absolute Gasteiger partial charge is 0.285 e. The molecule has 0 aromatic heterocycles. The van der Waals surface area contributed by atoms with Gasteiger partial charge in [0.15, 0.2) is 0 Å². The second-order valence-corrected chi connectivity index (χ2v) is 4.45. The number of allylic oxidation sites excluding steroid dienone is 3. The molecular formula is C14H24N2O. The molecule has 1 fully saturated rings. The predicted octanol–water partition coefficient (Wildman–Crippen LogP) is 2.81. The fourth-order valence-electron chi connectivity index (χ4n) is 1.85. The van der Waals surface area contributed by atoms with E-state index in [1.165, 1.54) is 32.1 Å². The van der Waals surface area contributed by atoms with Gasteiger partial charge in [0.1, 0.15) is 0 Å². The van der Waals surface area contributed by atoms with Gasteiger partial charge in [-0.3, -0.25) is 10.2 Å². The monoisotopic (exact) mass is 236 g/mol. The maximum atomic E-state index is 11.5. The van der Waals surface area contributed by atoms with Crippen molar-refractivity contribution in [2.75, 3.05) is 13.1 Å². The topological polar surface area (TPSA) is 32.3 Å². The zero-order chi connectivity index (χ0) is 12.3. The molecule has 0 spiro atoms. The Morgan fingerprint density at radius 2 is 2.00 bits per heavy atom. The highest BCUT2D eigenvalue weighted by Crippen LogP contribution is 2.03. The number of hydrogen-bond acceptors (Lipinski definition) is 2. The van der Waals surface area contributed by atoms with Crippen LogP contribution in [0.25, 0.3) is 0 Å². The molecule has 17 heavy (non-hydrogen) atoms. The molecule has 0 aromatic carbocycles. The lowest BCUT2D eigenvalue weighted by atomic mass is 10.2. The number of unbranched alkanes of at least 4 members (excludes halogenated alkanes) is 3. The normalized spacial score (nSPS) is 17.2. The summed E-state index contributed by atoms with van der Waals surface area (Å²) in [7, 11) is 0. The number of rotatable bonds is 7. The molecule has 0 radical (unpaired) electrons. The summed E-state index contributed by atoms with van der Waals surface area (Å²) in [6, 6.07) is 0. The summed E-state index contributed by atoms with van der Waals surface area (Å²) in [6.07, 6.45) is 14.7. The molecule has 1 heterocycles. The fourth-order valence-corrected chi connectivity index (χ4v) is 1.85. The number of carbonyl (C=O) groups is 1. The molecule has 0 bridgehead atoms. The molecule has 1 aliphatic heterocycles. The van der Waals surface area contributed by atoms with Crippen LogP contribution in [-0.2, 0) is 4.79 Å². The lowest BCUT2D eigenvalue weighted by Gasteiger charge is -2.14. The van der Waals surface area contributed by atoms with Gasteiger partial charge >= 0.3 is 0 Å². The quantitative estimate of drug-likeness (QED) is 0.419. The summed E-state index contributed by atoms with van der Waals surface area (Å²) in [5, 5.41) is 1.98. The maximum Gasteiger partial charge on any atom is 0.258 e. The molecule has 0 unspecified atom stereocenters. The third-order valence-corrected chi connectivity index (χ3v) is 2.84. The molecule has 1 saturated heterocycles. The van der Waals surface area contributed by atoms with Crippen molar-refractivity contribution in [2.24, 2.45) is 0 Å². The van der Waals surface area contributed by atoms with E-state index in [9.17, 15) is 4.79 Å². The molecule has 96 valence electrons. The highest BCUT2D eigenvalue weighted by molar-refractivity contribution is 5.87. The summed E-state index contributed by atoms with van der Waals surface area (Å²) in [4.78, 5) is 11.5. The Morgan fingerprint density at radius 3 is 2.71 bits per heavy atom. The lowest BCUT2D eigenvalue weighted by Crippen LogP contribution is -2.38. The molecule has 3 nitrogen and oxygen atoms in total. The van der Waals surface area contributed by atoms with Gasteiger partial charge in [-0.15, -0.1) is 0 Å². The first-order chi connectivity index (χ1) is 8.33. The van der Waals surface area contributed by atoms with Crippen molar-refractivity contribution in [3.05, 3.63) is 24.3 Å². The Bertz CT molecular complexity index is 265. The molecule has 0 saturated carbocycles. The van der Waals surface area contributed by atoms with Crippen LogP contribution in [0.1, 0.15) is 45.4 Å². The number of hydrogen-bond donors (Lipinski definition) is 1. The van der Waals surface area contributed by atoms with Crippen LogP contribution in [0.4, 0.5) is 0 Å². The van der Waals surface area contributed by atoms with Crippen LogP contribution in [0.15, 0.2) is 24.3 Å². The molecule has 1 rings (SSSR count). The van der Waals surface area contributed by atoms with E-state index >= 15 is 0 Å². The molecule has 0 aromatic rings. The third-order valence-electron chi connectivity index (χ3n) is 2.84. The fraction of sp³-hybridized carbons (Fsp3) is 0.643. The minimum atomic E-state index is -0.0230. The molecule has 3 heteroatoms. The van der Waals surface area contributed by atoms with Gasteiger partial charge in [-0.2, -0.15) is 0 Å². The van der Waals surface area contributed by atoms with E-state index in [-0.39, 0.29) is 5.91 Å². The Kier molecular flexibility index (Phi) is 7.39. The van der Waals surface area contributed by atoms with Crippen LogP contribution in [0.2, 0.25) is 0 Å². The average Bonchev–Trinajstić information content (AvgIpc) is 2.80. The Morgan fingerprint density at radius 1 is 1.24 bits per heavy atom. The van der Waals surface area contributed by atoms with E-state index in [1.54, 1.807) is 6.08 Å². The summed E-state index contributed by atoms with van der Waals surface area (Å²) in [6.45, 7) is 4.16. The van der Waals surface area contributed by atoms with Crippen molar-refractivity contribution in [3.63, 3.8) is 0 Å². The zero-order valence-corrected chi connectivity index (χ0v) is 10.8. The smallest absolute Gasteiger partial charge is 0.258 e. The minimum absolute atomic E-state index is 0.0230. The second-order valence-electron chi connectivity index (χ2n) is 4.45. The molecule has 1 aliphatic rings. The molecule has 0 atom stereocenters. The van der Waals surface area contributed by atoms with Gasteiger partial charge in [-0.25, -0.2) is 5.01 Å². The molecule has 1 amide bonds. The van der Waals surface area contributed by atoms with Gasteiger partial charge in [0, 0.05) is 19.2 Å². The van der Waals surface area contributed by atoms with Gasteiger partial charge in [-0.05, 0) is 25.7 Å². The summed E-state index contributed by atoms with van der Waals surface area (Å²) >= 11 is 0. The number of nitrogens with zero attached hydrogens (tertiary/aromatic N) is 1. The molecule has 1 N–H and O–H groups in total. The number of hydrazine groups is 1. The van der Waals surface area contributed by atoms with Crippen LogP contribution in [-0.4, -0.2) is 24.0 Å². The van der Waals surface area contributed by atoms with Crippen molar-refractivity contribution >= 4 is 5.91 Å². The van der Waals surface area contributed by atoms with Gasteiger partial charge in [-0.1, -0.05) is 38.0 Å². The van der Waals surface area contributed by atoms with E-state index in [2.05, 4.69) is 18.4 Å². The maximum absolute atomic E-state index is 11.5. The average molecular weight is 236 g/mol. The zero-order valence-electron chi connectivity index (χ0n) is 10.8. The van der Waals surface area contributed by atoms with Gasteiger partial charge in [0.2, 0.25) is 0 Å². The number of nitrogens with one attached hydrogen (secondary N) is 1. The first-order valence-corrected chi connectivity index (χ1v) is 6.71. The first kappa shape index (κ1) is 14.0. The Hall–Kier alpha value is -1.09. The van der Waals surface area contributed by atoms with Gasteiger partial charge < -0.3 is 0 Å². The SMILES string of the molecule is CCCCCC=CC=CC(=O)NN1CCCC1. The van der Waals surface area contributed by atoms with Crippen LogP contribution in [0.5, 0.6) is 0 Å². The summed E-state index contributed by atoms with van der Waals surface area (Å²) in [5.74, 6) is -0.0230. The standard InChI is InChI=1S/C14H24N2O/c1-2-3-4-5-6-7-8-11-14(17)15-16-12-9-10-13-16/h6-8,11H,2-5,9-10,12-13H2,1H3,(H,15,17). The van der Waals surface area contributed by atoms with Gasteiger partial charge in [0.25, 0.3) is 5.91 Å². The summed E-state index contributed by atoms with van der Waals surface area (Å²) < 4.78 is 0. The van der Waals surface area contributed by atoms with Crippen molar-refractivity contribution in [2.45, 2.75) is 45.4 Å². The molecule has 0 aliphatic carbocycles. The third kappa shape index (κ3) is 6.95.